The van der Waals surface area contributed by atoms with Crippen LogP contribution in [0.2, 0.25) is 12.6 Å². The molecule has 2 nitrogen and oxygen atoms in total. The summed E-state index contributed by atoms with van der Waals surface area (Å²) in [6.45, 7) is 11.1. The fourth-order valence-corrected chi connectivity index (χ4v) is 3.94. The van der Waals surface area contributed by atoms with E-state index in [1.807, 2.05) is 0 Å². The van der Waals surface area contributed by atoms with Gasteiger partial charge in [0.1, 0.15) is 0 Å². The van der Waals surface area contributed by atoms with Crippen molar-refractivity contribution in [3.05, 3.63) is 50.1 Å². The minimum Gasteiger partial charge on any atom is -0.398 e. The Morgan fingerprint density at radius 1 is 0.955 bits per heavy atom. The molecule has 22 heavy (non-hydrogen) atoms. The Morgan fingerprint density at radius 3 is 1.73 bits per heavy atom. The van der Waals surface area contributed by atoms with Gasteiger partial charge in [-0.05, 0) is 19.0 Å². The largest absolute Gasteiger partial charge is 4.00 e. The normalized spacial score (nSPS) is 9.95. The van der Waals surface area contributed by atoms with Gasteiger partial charge in [0.05, 0.1) is 0 Å². The van der Waals surface area contributed by atoms with Crippen LogP contribution in [0.25, 0.3) is 0 Å². The van der Waals surface area contributed by atoms with Gasteiger partial charge in [-0.25, -0.2) is 0 Å². The number of rotatable bonds is 6. The second-order valence-electron chi connectivity index (χ2n) is 5.37. The third kappa shape index (κ3) is 6.74. The summed E-state index contributed by atoms with van der Waals surface area (Å²) in [6, 6.07) is 1.06. The average molecular weight is 508 g/mol. The topological polar surface area (TPSA) is 18.5 Å². The molecule has 1 aromatic carbocycles. The van der Waals surface area contributed by atoms with E-state index in [4.69, 9.17) is 8.85 Å². The first-order chi connectivity index (χ1) is 8.36. The average Bonchev–Trinajstić information content (AvgIpc) is 2.56. The minimum absolute atomic E-state index is 0. The van der Waals surface area contributed by atoms with E-state index in [1.165, 1.54) is 27.8 Å². The van der Waals surface area contributed by atoms with Crippen LogP contribution in [0.4, 0.5) is 0 Å². The summed E-state index contributed by atoms with van der Waals surface area (Å²) in [5, 5.41) is 0. The second kappa shape index (κ2) is 12.6. The Labute approximate surface area is 155 Å². The fraction of sp³-hybridized carbons (Fsp3) is 0.556. The predicted octanol–water partition coefficient (Wildman–Crippen LogP) is 5.28. The van der Waals surface area contributed by atoms with Crippen molar-refractivity contribution in [3.8, 4) is 0 Å². The van der Waals surface area contributed by atoms with Crippen molar-refractivity contribution in [3.63, 3.8) is 0 Å². The molecule has 0 aliphatic carbocycles. The molecule has 0 aliphatic heterocycles. The van der Waals surface area contributed by atoms with E-state index in [0.29, 0.717) is 0 Å². The molecule has 134 valence electrons. The van der Waals surface area contributed by atoms with Crippen LogP contribution in [-0.2, 0) is 36.3 Å². The summed E-state index contributed by atoms with van der Waals surface area (Å²) in [5.41, 5.74) is 7.40. The molecule has 0 saturated carbocycles. The van der Waals surface area contributed by atoms with Gasteiger partial charge < -0.3 is 31.1 Å². The van der Waals surface area contributed by atoms with Crippen molar-refractivity contribution in [1.82, 2.24) is 0 Å². The van der Waals surface area contributed by atoms with Crippen LogP contribution in [0.3, 0.4) is 0 Å². The van der Waals surface area contributed by atoms with Crippen molar-refractivity contribution < 1.29 is 29.9 Å². The van der Waals surface area contributed by atoms with Crippen LogP contribution < -0.4 is 0 Å². The molecule has 0 atom stereocenters. The molecule has 1 rings (SSSR count). The van der Waals surface area contributed by atoms with Crippen molar-refractivity contribution >= 4 is 8.56 Å². The Morgan fingerprint density at radius 2 is 1.41 bits per heavy atom. The van der Waals surface area contributed by atoms with E-state index in [0.717, 1.165) is 18.9 Å². The Bertz CT molecular complexity index is 384. The Balaban J connectivity index is -0.000000405. The van der Waals surface area contributed by atoms with E-state index in [-0.39, 0.29) is 43.3 Å². The maximum Gasteiger partial charge on any atom is 4.00 e. The maximum absolute atomic E-state index is 5.53. The van der Waals surface area contributed by atoms with E-state index < -0.39 is 8.56 Å². The summed E-state index contributed by atoms with van der Waals surface area (Å²) < 4.78 is 11.1. The molecule has 0 fully saturated rings. The molecule has 0 aromatic heterocycles. The molecule has 0 heterocycles. The van der Waals surface area contributed by atoms with Crippen LogP contribution in [0.15, 0.2) is 0 Å². The van der Waals surface area contributed by atoms with Crippen molar-refractivity contribution in [1.29, 1.82) is 0 Å². The number of hydrogen-bond acceptors (Lipinski definition) is 2. The molecule has 0 unspecified atom stereocenters. The standard InChI is InChI=1S/C15H27O2Si.3CH3.Pt/c1-11-12(2)14(4)15(13(11)3)9-8-10-18(7,16-5)17-6;;;;/h8-10H2,1-7H3;3*1H3;/q4*-1;+4. The molecular formula is C18H36O2PtSi. The molecular weight excluding hydrogens is 471 g/mol. The summed E-state index contributed by atoms with van der Waals surface area (Å²) in [4.78, 5) is 0. The van der Waals surface area contributed by atoms with Crippen molar-refractivity contribution in [2.45, 2.75) is 53.1 Å². The minimum atomic E-state index is -1.89. The van der Waals surface area contributed by atoms with Crippen LogP contribution in [-0.4, -0.2) is 22.8 Å². The van der Waals surface area contributed by atoms with Crippen molar-refractivity contribution in [2.75, 3.05) is 14.2 Å². The summed E-state index contributed by atoms with van der Waals surface area (Å²) in [6.07, 6.45) is 2.29. The van der Waals surface area contributed by atoms with Gasteiger partial charge in [-0.2, -0.15) is 27.8 Å². The maximum atomic E-state index is 5.53. The zero-order chi connectivity index (χ0) is 13.9. The quantitative estimate of drug-likeness (QED) is 0.385. The summed E-state index contributed by atoms with van der Waals surface area (Å²) in [5.74, 6) is 0. The van der Waals surface area contributed by atoms with Crippen LogP contribution in [0, 0.1) is 50.0 Å². The molecule has 0 bridgehead atoms. The van der Waals surface area contributed by atoms with Gasteiger partial charge in [-0.15, -0.1) is 0 Å². The predicted molar refractivity (Wildman–Crippen MR) is 99.0 cm³/mol. The molecule has 0 radical (unpaired) electrons. The van der Waals surface area contributed by atoms with E-state index in [9.17, 15) is 0 Å². The third-order valence-electron chi connectivity index (χ3n) is 4.51. The summed E-state index contributed by atoms with van der Waals surface area (Å²) in [7, 11) is 1.64. The molecule has 0 spiro atoms. The molecule has 4 heteroatoms. The Kier molecular flexibility index (Phi) is 17.2. The first-order valence-electron chi connectivity index (χ1n) is 6.68. The first kappa shape index (κ1) is 30.1. The molecule has 0 N–H and O–H groups in total. The smallest absolute Gasteiger partial charge is 0.398 e. The molecule has 0 aliphatic rings. The van der Waals surface area contributed by atoms with Gasteiger partial charge >= 0.3 is 29.6 Å². The molecule has 0 amide bonds. The van der Waals surface area contributed by atoms with Gasteiger partial charge in [0.25, 0.3) is 0 Å². The van der Waals surface area contributed by atoms with Gasteiger partial charge in [-0.1, -0.05) is 34.1 Å². The monoisotopic (exact) mass is 507 g/mol. The second-order valence-corrected chi connectivity index (χ2v) is 8.96. The molecule has 1 aromatic rings. The Hall–Kier alpha value is 0.175. The van der Waals surface area contributed by atoms with Gasteiger partial charge in [0.15, 0.2) is 0 Å². The van der Waals surface area contributed by atoms with Gasteiger partial charge in [-0.3, -0.25) is 0 Å². The van der Waals surface area contributed by atoms with Crippen LogP contribution in [0.1, 0.15) is 34.2 Å². The SMILES string of the molecule is CO[Si](C)(CCCc1c(C)c(C)c(C)[c-]1C)OC.[CH3-].[CH3-].[CH3-].[Pt+4]. The zero-order valence-corrected chi connectivity index (χ0v) is 19.5. The van der Waals surface area contributed by atoms with Crippen LogP contribution >= 0.6 is 0 Å². The zero-order valence-electron chi connectivity index (χ0n) is 16.3. The first-order valence-corrected chi connectivity index (χ1v) is 9.21. The van der Waals surface area contributed by atoms with Crippen LogP contribution in [0.5, 0.6) is 0 Å². The van der Waals surface area contributed by atoms with Gasteiger partial charge in [0.2, 0.25) is 0 Å². The molecule has 0 saturated heterocycles. The van der Waals surface area contributed by atoms with E-state index in [2.05, 4.69) is 34.2 Å². The summed E-state index contributed by atoms with van der Waals surface area (Å²) >= 11 is 0. The van der Waals surface area contributed by atoms with E-state index in [1.54, 1.807) is 14.2 Å². The number of hydrogen-bond donors (Lipinski definition) is 0. The van der Waals surface area contributed by atoms with E-state index >= 15 is 0 Å². The fourth-order valence-electron chi connectivity index (χ4n) is 2.55. The third-order valence-corrected chi connectivity index (χ3v) is 7.50. The van der Waals surface area contributed by atoms with Crippen molar-refractivity contribution in [2.24, 2.45) is 0 Å². The van der Waals surface area contributed by atoms with Gasteiger partial charge in [0, 0.05) is 14.2 Å².